The van der Waals surface area contributed by atoms with E-state index in [4.69, 9.17) is 11.6 Å². The Morgan fingerprint density at radius 1 is 1.41 bits per heavy atom. The van der Waals surface area contributed by atoms with Gasteiger partial charge >= 0.3 is 0 Å². The lowest BCUT2D eigenvalue weighted by molar-refractivity contribution is 0.0714. The zero-order chi connectivity index (χ0) is 12.4. The lowest BCUT2D eigenvalue weighted by Gasteiger charge is -2.31. The minimum Gasteiger partial charge on any atom is -0.388 e. The molecule has 1 nitrogen and oxygen atoms in total. The lowest BCUT2D eigenvalue weighted by atomic mass is 9.78. The summed E-state index contributed by atoms with van der Waals surface area (Å²) in [7, 11) is 0. The third-order valence-corrected chi connectivity index (χ3v) is 4.03. The van der Waals surface area contributed by atoms with E-state index in [1.54, 1.807) is 6.07 Å². The van der Waals surface area contributed by atoms with Crippen LogP contribution in [0.2, 0.25) is 5.02 Å². The van der Waals surface area contributed by atoms with Crippen LogP contribution in [0.15, 0.2) is 18.2 Å². The number of halogens is 2. The molecule has 3 atom stereocenters. The van der Waals surface area contributed by atoms with Crippen LogP contribution in [0.4, 0.5) is 4.39 Å². The highest BCUT2D eigenvalue weighted by Crippen LogP contribution is 2.39. The molecule has 1 fully saturated rings. The second kappa shape index (κ2) is 5.36. The maximum Gasteiger partial charge on any atom is 0.124 e. The van der Waals surface area contributed by atoms with Crippen molar-refractivity contribution in [2.24, 2.45) is 11.8 Å². The summed E-state index contributed by atoms with van der Waals surface area (Å²) in [5, 5.41) is 10.7. The number of aliphatic hydroxyl groups excluding tert-OH is 1. The molecule has 1 aliphatic rings. The molecule has 1 aromatic carbocycles. The molecular weight excluding hydrogens is 239 g/mol. The van der Waals surface area contributed by atoms with Crippen molar-refractivity contribution in [1.29, 1.82) is 0 Å². The molecule has 0 heterocycles. The molecule has 0 radical (unpaired) electrons. The van der Waals surface area contributed by atoms with Crippen molar-refractivity contribution in [2.75, 3.05) is 0 Å². The highest BCUT2D eigenvalue weighted by atomic mass is 35.5. The molecule has 1 aliphatic carbocycles. The summed E-state index contributed by atoms with van der Waals surface area (Å²) in [5.74, 6) is 0.548. The lowest BCUT2D eigenvalue weighted by Crippen LogP contribution is -2.20. The van der Waals surface area contributed by atoms with Gasteiger partial charge in [0.05, 0.1) is 6.10 Å². The smallest absolute Gasteiger partial charge is 0.124 e. The molecular formula is C14H18ClFO. The normalized spacial score (nSPS) is 26.8. The fraction of sp³-hybridized carbons (Fsp3) is 0.571. The van der Waals surface area contributed by atoms with Gasteiger partial charge in [-0.2, -0.15) is 0 Å². The summed E-state index contributed by atoms with van der Waals surface area (Å²) in [5.41, 5.74) is 0.659. The van der Waals surface area contributed by atoms with Crippen LogP contribution in [0.5, 0.6) is 0 Å². The molecule has 1 aromatic rings. The summed E-state index contributed by atoms with van der Waals surface area (Å²) in [6.45, 7) is 2.21. The molecule has 2 rings (SSSR count). The van der Waals surface area contributed by atoms with Gasteiger partial charge in [-0.05, 0) is 42.4 Å². The minimum absolute atomic E-state index is 0.252. The Hall–Kier alpha value is -0.600. The van der Waals surface area contributed by atoms with Crippen molar-refractivity contribution in [1.82, 2.24) is 0 Å². The Morgan fingerprint density at radius 2 is 2.18 bits per heavy atom. The predicted molar refractivity (Wildman–Crippen MR) is 67.5 cm³/mol. The monoisotopic (exact) mass is 256 g/mol. The Kier molecular flexibility index (Phi) is 4.05. The Bertz CT molecular complexity index is 394. The Balaban J connectivity index is 2.15. The Labute approximate surface area is 107 Å². The number of hydrogen-bond donors (Lipinski definition) is 1. The fourth-order valence-corrected chi connectivity index (χ4v) is 3.04. The van der Waals surface area contributed by atoms with Crippen LogP contribution in [-0.2, 0) is 0 Å². The molecule has 94 valence electrons. The first-order valence-corrected chi connectivity index (χ1v) is 6.58. The maximum atomic E-state index is 12.9. The van der Waals surface area contributed by atoms with E-state index in [1.165, 1.54) is 18.6 Å². The first-order valence-electron chi connectivity index (χ1n) is 6.21. The highest BCUT2D eigenvalue weighted by Gasteiger charge is 2.27. The van der Waals surface area contributed by atoms with E-state index in [9.17, 15) is 9.50 Å². The molecule has 0 aromatic heterocycles. The fourth-order valence-electron chi connectivity index (χ4n) is 2.76. The summed E-state index contributed by atoms with van der Waals surface area (Å²) >= 11 is 5.98. The first-order chi connectivity index (χ1) is 8.08. The van der Waals surface area contributed by atoms with Gasteiger partial charge in [0.1, 0.15) is 5.82 Å². The van der Waals surface area contributed by atoms with E-state index in [0.29, 0.717) is 16.5 Å². The molecule has 1 saturated carbocycles. The largest absolute Gasteiger partial charge is 0.388 e. The van der Waals surface area contributed by atoms with Crippen molar-refractivity contribution in [2.45, 2.75) is 38.7 Å². The van der Waals surface area contributed by atoms with Crippen LogP contribution in [0.3, 0.4) is 0 Å². The number of hydrogen-bond acceptors (Lipinski definition) is 1. The van der Waals surface area contributed by atoms with Crippen LogP contribution < -0.4 is 0 Å². The van der Waals surface area contributed by atoms with Crippen molar-refractivity contribution < 1.29 is 9.50 Å². The quantitative estimate of drug-likeness (QED) is 0.835. The van der Waals surface area contributed by atoms with Gasteiger partial charge in [0.15, 0.2) is 0 Å². The van der Waals surface area contributed by atoms with Crippen LogP contribution in [0, 0.1) is 17.7 Å². The van der Waals surface area contributed by atoms with Gasteiger partial charge in [0, 0.05) is 5.02 Å². The molecule has 1 N–H and O–H groups in total. The number of benzene rings is 1. The van der Waals surface area contributed by atoms with E-state index in [-0.39, 0.29) is 11.7 Å². The second-order valence-corrected chi connectivity index (χ2v) is 5.55. The van der Waals surface area contributed by atoms with Crippen molar-refractivity contribution in [3.63, 3.8) is 0 Å². The van der Waals surface area contributed by atoms with E-state index in [0.717, 1.165) is 19.3 Å². The molecule has 0 aliphatic heterocycles. The first kappa shape index (κ1) is 12.8. The molecule has 0 bridgehead atoms. The predicted octanol–water partition coefficient (Wildman–Crippen LogP) is 4.34. The van der Waals surface area contributed by atoms with Gasteiger partial charge in [-0.1, -0.05) is 37.4 Å². The van der Waals surface area contributed by atoms with Crippen molar-refractivity contribution in [3.8, 4) is 0 Å². The average Bonchev–Trinajstić information content (AvgIpc) is 2.28. The van der Waals surface area contributed by atoms with E-state index in [2.05, 4.69) is 6.92 Å². The molecule has 3 heteroatoms. The van der Waals surface area contributed by atoms with Gasteiger partial charge in [0.25, 0.3) is 0 Å². The standard InChI is InChI=1S/C14H18ClFO/c1-9-3-2-4-10(7-9)14(17)12-6-5-11(16)8-13(12)15/h5-6,8-10,14,17H,2-4,7H2,1H3. The van der Waals surface area contributed by atoms with Crippen LogP contribution in [0.1, 0.15) is 44.3 Å². The van der Waals surface area contributed by atoms with E-state index < -0.39 is 6.10 Å². The molecule has 3 unspecified atom stereocenters. The van der Waals surface area contributed by atoms with Gasteiger partial charge in [-0.15, -0.1) is 0 Å². The average molecular weight is 257 g/mol. The molecule has 17 heavy (non-hydrogen) atoms. The third-order valence-electron chi connectivity index (χ3n) is 3.70. The molecule has 0 saturated heterocycles. The van der Waals surface area contributed by atoms with Gasteiger partial charge in [0.2, 0.25) is 0 Å². The zero-order valence-corrected chi connectivity index (χ0v) is 10.8. The van der Waals surface area contributed by atoms with Crippen LogP contribution in [0.25, 0.3) is 0 Å². The van der Waals surface area contributed by atoms with Crippen molar-refractivity contribution in [3.05, 3.63) is 34.6 Å². The van der Waals surface area contributed by atoms with E-state index in [1.807, 2.05) is 0 Å². The summed E-state index contributed by atoms with van der Waals surface area (Å²) in [4.78, 5) is 0. The van der Waals surface area contributed by atoms with Crippen molar-refractivity contribution >= 4 is 11.6 Å². The van der Waals surface area contributed by atoms with Gasteiger partial charge in [-0.3, -0.25) is 0 Å². The minimum atomic E-state index is -0.564. The Morgan fingerprint density at radius 3 is 2.82 bits per heavy atom. The van der Waals surface area contributed by atoms with Crippen LogP contribution in [-0.4, -0.2) is 5.11 Å². The van der Waals surface area contributed by atoms with Gasteiger partial charge < -0.3 is 5.11 Å². The zero-order valence-electron chi connectivity index (χ0n) is 10.00. The van der Waals surface area contributed by atoms with Gasteiger partial charge in [-0.25, -0.2) is 4.39 Å². The maximum absolute atomic E-state index is 12.9. The summed E-state index contributed by atoms with van der Waals surface area (Å²) in [6.07, 6.45) is 3.88. The highest BCUT2D eigenvalue weighted by molar-refractivity contribution is 6.31. The number of aliphatic hydroxyl groups is 1. The second-order valence-electron chi connectivity index (χ2n) is 5.14. The topological polar surface area (TPSA) is 20.2 Å². The third kappa shape index (κ3) is 2.99. The SMILES string of the molecule is CC1CCCC(C(O)c2ccc(F)cc2Cl)C1. The summed E-state index contributed by atoms with van der Waals surface area (Å²) < 4.78 is 12.9. The van der Waals surface area contributed by atoms with E-state index >= 15 is 0 Å². The molecule has 0 amide bonds. The molecule has 0 spiro atoms. The summed E-state index contributed by atoms with van der Waals surface area (Å²) in [6, 6.07) is 4.23. The number of rotatable bonds is 2. The van der Waals surface area contributed by atoms with Crippen LogP contribution >= 0.6 is 11.6 Å².